The van der Waals surface area contributed by atoms with E-state index in [-0.39, 0.29) is 5.69 Å². The second-order valence-corrected chi connectivity index (χ2v) is 4.38. The largest absolute Gasteiger partial charge is 0.466 e. The van der Waals surface area contributed by atoms with Crippen LogP contribution < -0.4 is 5.43 Å². The molecule has 0 aliphatic carbocycles. The van der Waals surface area contributed by atoms with E-state index in [4.69, 9.17) is 4.42 Å². The van der Waals surface area contributed by atoms with E-state index in [0.717, 1.165) is 0 Å². The van der Waals surface area contributed by atoms with E-state index in [1.807, 2.05) is 0 Å². The van der Waals surface area contributed by atoms with Gasteiger partial charge in [-0.05, 0) is 19.9 Å². The molecule has 7 heteroatoms. The van der Waals surface area contributed by atoms with Gasteiger partial charge < -0.3 is 4.42 Å². The maximum absolute atomic E-state index is 11.9. The molecule has 0 atom stereocenters. The fraction of sp³-hybridized carbons (Fsp3) is 0.143. The lowest BCUT2D eigenvalue weighted by Crippen LogP contribution is -2.17. The summed E-state index contributed by atoms with van der Waals surface area (Å²) in [6.45, 7) is 3.43. The minimum Gasteiger partial charge on any atom is -0.466 e. The molecule has 0 bridgehead atoms. The van der Waals surface area contributed by atoms with Gasteiger partial charge in [-0.15, -0.1) is 0 Å². The lowest BCUT2D eigenvalue weighted by molar-refractivity contribution is -0.384. The molecule has 1 amide bonds. The van der Waals surface area contributed by atoms with Crippen LogP contribution in [0.2, 0.25) is 0 Å². The van der Waals surface area contributed by atoms with Crippen molar-refractivity contribution in [3.05, 3.63) is 63.1 Å². The number of nitrogens with zero attached hydrogens (tertiary/aromatic N) is 2. The van der Waals surface area contributed by atoms with Crippen LogP contribution in [0.3, 0.4) is 0 Å². The number of hydrogen-bond donors (Lipinski definition) is 1. The van der Waals surface area contributed by atoms with Gasteiger partial charge in [-0.2, -0.15) is 5.10 Å². The number of hydrazone groups is 1. The zero-order chi connectivity index (χ0) is 15.4. The van der Waals surface area contributed by atoms with Crippen LogP contribution in [-0.4, -0.2) is 17.0 Å². The van der Waals surface area contributed by atoms with Gasteiger partial charge in [-0.1, -0.05) is 12.1 Å². The lowest BCUT2D eigenvalue weighted by atomic mass is 10.2. The number of aryl methyl sites for hydroxylation is 2. The highest BCUT2D eigenvalue weighted by Crippen LogP contribution is 2.13. The monoisotopic (exact) mass is 287 g/mol. The van der Waals surface area contributed by atoms with Crippen molar-refractivity contribution in [1.29, 1.82) is 0 Å². The quantitative estimate of drug-likeness (QED) is 0.530. The van der Waals surface area contributed by atoms with Crippen molar-refractivity contribution in [1.82, 2.24) is 5.43 Å². The van der Waals surface area contributed by atoms with Crippen LogP contribution in [0.1, 0.15) is 27.4 Å². The minimum absolute atomic E-state index is 0.0356. The summed E-state index contributed by atoms with van der Waals surface area (Å²) in [5, 5.41) is 14.4. The summed E-state index contributed by atoms with van der Waals surface area (Å²) in [6, 6.07) is 7.56. The topological polar surface area (TPSA) is 97.7 Å². The van der Waals surface area contributed by atoms with Crippen molar-refractivity contribution in [2.24, 2.45) is 5.10 Å². The fourth-order valence-electron chi connectivity index (χ4n) is 1.80. The number of benzene rings is 1. The van der Waals surface area contributed by atoms with Crippen molar-refractivity contribution in [3.63, 3.8) is 0 Å². The van der Waals surface area contributed by atoms with Crippen molar-refractivity contribution < 1.29 is 14.1 Å². The van der Waals surface area contributed by atoms with Gasteiger partial charge in [0.15, 0.2) is 0 Å². The van der Waals surface area contributed by atoms with E-state index in [9.17, 15) is 14.9 Å². The Morgan fingerprint density at radius 1 is 1.38 bits per heavy atom. The van der Waals surface area contributed by atoms with Crippen LogP contribution in [0.5, 0.6) is 0 Å². The van der Waals surface area contributed by atoms with Gasteiger partial charge in [0.05, 0.1) is 16.7 Å². The van der Waals surface area contributed by atoms with Crippen LogP contribution in [0.15, 0.2) is 39.9 Å². The molecular formula is C14H13N3O4. The number of rotatable bonds is 4. The molecule has 1 heterocycles. The Kier molecular flexibility index (Phi) is 4.13. The van der Waals surface area contributed by atoms with E-state index in [1.165, 1.54) is 18.3 Å². The molecule has 0 aliphatic rings. The van der Waals surface area contributed by atoms with E-state index in [0.29, 0.717) is 22.6 Å². The summed E-state index contributed by atoms with van der Waals surface area (Å²) in [5.41, 5.74) is 3.24. The van der Waals surface area contributed by atoms with Gasteiger partial charge in [0.1, 0.15) is 11.5 Å². The smallest absolute Gasteiger partial charge is 0.274 e. The lowest BCUT2D eigenvalue weighted by Gasteiger charge is -1.97. The Morgan fingerprint density at radius 3 is 2.76 bits per heavy atom. The summed E-state index contributed by atoms with van der Waals surface area (Å²) in [7, 11) is 0. The predicted molar refractivity (Wildman–Crippen MR) is 76.3 cm³/mol. The van der Waals surface area contributed by atoms with Gasteiger partial charge in [-0.25, -0.2) is 5.43 Å². The van der Waals surface area contributed by atoms with Crippen LogP contribution in [0.4, 0.5) is 5.69 Å². The highest BCUT2D eigenvalue weighted by atomic mass is 16.6. The molecule has 1 aromatic carbocycles. The molecule has 1 aromatic heterocycles. The van der Waals surface area contributed by atoms with Gasteiger partial charge >= 0.3 is 0 Å². The Balaban J connectivity index is 2.05. The Labute approximate surface area is 120 Å². The van der Waals surface area contributed by atoms with Crippen molar-refractivity contribution in [3.8, 4) is 0 Å². The Hall–Kier alpha value is -2.96. The average molecular weight is 287 g/mol. The second kappa shape index (κ2) is 6.00. The molecule has 0 fully saturated rings. The van der Waals surface area contributed by atoms with Crippen LogP contribution in [0.25, 0.3) is 0 Å². The average Bonchev–Trinajstić information content (AvgIpc) is 2.78. The number of nitro groups is 1. The highest BCUT2D eigenvalue weighted by molar-refractivity contribution is 5.95. The molecule has 2 aromatic rings. The molecule has 1 N–H and O–H groups in total. The number of amides is 1. The number of carbonyl (C=O) groups excluding carboxylic acids is 1. The molecular weight excluding hydrogens is 274 g/mol. The third-order valence-corrected chi connectivity index (χ3v) is 2.75. The molecule has 0 unspecified atom stereocenters. The molecule has 21 heavy (non-hydrogen) atoms. The normalized spacial score (nSPS) is 10.8. The molecule has 7 nitrogen and oxygen atoms in total. The summed E-state index contributed by atoms with van der Waals surface area (Å²) in [4.78, 5) is 22.0. The first-order valence-corrected chi connectivity index (χ1v) is 6.12. The standard InChI is InChI=1S/C14H13N3O4/c1-9-6-13(10(2)21-9)14(18)16-15-8-11-4-3-5-12(7-11)17(19)20/h3-8H,1-2H3,(H,16,18). The van der Waals surface area contributed by atoms with Crippen LogP contribution in [0, 0.1) is 24.0 Å². The first-order valence-electron chi connectivity index (χ1n) is 6.12. The van der Waals surface area contributed by atoms with E-state index >= 15 is 0 Å². The molecule has 0 radical (unpaired) electrons. The maximum atomic E-state index is 11.9. The molecule has 0 spiro atoms. The molecule has 2 rings (SSSR count). The number of furan rings is 1. The minimum atomic E-state index is -0.493. The molecule has 108 valence electrons. The van der Waals surface area contributed by atoms with Crippen molar-refractivity contribution >= 4 is 17.8 Å². The third-order valence-electron chi connectivity index (χ3n) is 2.75. The number of nitro benzene ring substituents is 1. The van der Waals surface area contributed by atoms with Crippen molar-refractivity contribution in [2.45, 2.75) is 13.8 Å². The predicted octanol–water partition coefficient (Wildman–Crippen LogP) is 2.57. The first kappa shape index (κ1) is 14.4. The zero-order valence-electron chi connectivity index (χ0n) is 11.5. The molecule has 0 aliphatic heterocycles. The summed E-state index contributed by atoms with van der Waals surface area (Å²) in [5.74, 6) is 0.752. The third kappa shape index (κ3) is 3.53. The zero-order valence-corrected chi connectivity index (χ0v) is 11.5. The van der Waals surface area contributed by atoms with Crippen molar-refractivity contribution in [2.75, 3.05) is 0 Å². The first-order chi connectivity index (χ1) is 9.97. The van der Waals surface area contributed by atoms with Crippen LogP contribution in [-0.2, 0) is 0 Å². The number of nitrogens with one attached hydrogen (secondary N) is 1. The van der Waals surface area contributed by atoms with Gasteiger partial charge in [-0.3, -0.25) is 14.9 Å². The summed E-state index contributed by atoms with van der Waals surface area (Å²) >= 11 is 0. The van der Waals surface area contributed by atoms with Crippen LogP contribution >= 0.6 is 0 Å². The van der Waals surface area contributed by atoms with Gasteiger partial charge in [0, 0.05) is 17.7 Å². The highest BCUT2D eigenvalue weighted by Gasteiger charge is 2.12. The summed E-state index contributed by atoms with van der Waals surface area (Å²) in [6.07, 6.45) is 1.34. The SMILES string of the molecule is Cc1cc(C(=O)NN=Cc2cccc([N+](=O)[O-])c2)c(C)o1. The number of carbonyl (C=O) groups is 1. The van der Waals surface area contributed by atoms with Gasteiger partial charge in [0.25, 0.3) is 11.6 Å². The van der Waals surface area contributed by atoms with E-state index < -0.39 is 10.8 Å². The Bertz CT molecular complexity index is 719. The number of hydrogen-bond acceptors (Lipinski definition) is 5. The fourth-order valence-corrected chi connectivity index (χ4v) is 1.80. The summed E-state index contributed by atoms with van der Waals surface area (Å²) < 4.78 is 5.25. The Morgan fingerprint density at radius 2 is 2.14 bits per heavy atom. The number of non-ortho nitro benzene ring substituents is 1. The van der Waals surface area contributed by atoms with E-state index in [2.05, 4.69) is 10.5 Å². The second-order valence-electron chi connectivity index (χ2n) is 4.38. The molecule has 0 saturated carbocycles. The molecule has 0 saturated heterocycles. The van der Waals surface area contributed by atoms with Gasteiger partial charge in [0.2, 0.25) is 0 Å². The maximum Gasteiger partial charge on any atom is 0.274 e. The van der Waals surface area contributed by atoms with E-state index in [1.54, 1.807) is 32.0 Å².